The molecule has 1 aliphatic heterocycles. The number of hydrogen-bond donors (Lipinski definition) is 1. The minimum absolute atomic E-state index is 0.489. The van der Waals surface area contributed by atoms with Crippen molar-refractivity contribution in [2.75, 3.05) is 5.75 Å². The Morgan fingerprint density at radius 2 is 2.31 bits per heavy atom. The van der Waals surface area contributed by atoms with Gasteiger partial charge in [-0.3, -0.25) is 4.98 Å². The van der Waals surface area contributed by atoms with Gasteiger partial charge in [-0.2, -0.15) is 0 Å². The van der Waals surface area contributed by atoms with Gasteiger partial charge in [-0.05, 0) is 11.6 Å². The van der Waals surface area contributed by atoms with Crippen LogP contribution >= 0.6 is 23.1 Å². The SMILES string of the molecule is c1ccc2c(c1)SCC2NCc1cncs1. The summed E-state index contributed by atoms with van der Waals surface area (Å²) in [6, 6.07) is 9.14. The molecule has 1 N–H and O–H groups in total. The van der Waals surface area contributed by atoms with Crippen LogP contribution in [0.3, 0.4) is 0 Å². The fraction of sp³-hybridized carbons (Fsp3) is 0.250. The predicted octanol–water partition coefficient (Wildman–Crippen LogP) is 3.08. The molecule has 2 aromatic rings. The lowest BCUT2D eigenvalue weighted by atomic mass is 10.1. The van der Waals surface area contributed by atoms with Crippen molar-refractivity contribution in [1.82, 2.24) is 10.3 Å². The highest BCUT2D eigenvalue weighted by molar-refractivity contribution is 7.99. The van der Waals surface area contributed by atoms with E-state index in [1.54, 1.807) is 11.3 Å². The molecule has 1 aromatic heterocycles. The van der Waals surface area contributed by atoms with Crippen LogP contribution in [0.4, 0.5) is 0 Å². The Morgan fingerprint density at radius 1 is 1.38 bits per heavy atom. The first-order valence-corrected chi connectivity index (χ1v) is 7.12. The molecule has 1 atom stereocenters. The summed E-state index contributed by atoms with van der Waals surface area (Å²) < 4.78 is 0. The van der Waals surface area contributed by atoms with Gasteiger partial charge < -0.3 is 5.32 Å². The lowest BCUT2D eigenvalue weighted by Gasteiger charge is -2.11. The number of thioether (sulfide) groups is 1. The molecule has 2 heterocycles. The molecule has 1 aromatic carbocycles. The Kier molecular flexibility index (Phi) is 2.95. The molecule has 82 valence electrons. The first-order valence-electron chi connectivity index (χ1n) is 5.26. The second-order valence-electron chi connectivity index (χ2n) is 3.75. The molecule has 3 rings (SSSR count). The highest BCUT2D eigenvalue weighted by Gasteiger charge is 2.21. The van der Waals surface area contributed by atoms with Gasteiger partial charge in [0, 0.05) is 34.3 Å². The fourth-order valence-electron chi connectivity index (χ4n) is 1.88. The van der Waals surface area contributed by atoms with Crippen molar-refractivity contribution < 1.29 is 0 Å². The smallest absolute Gasteiger partial charge is 0.0794 e. The summed E-state index contributed by atoms with van der Waals surface area (Å²) in [4.78, 5) is 6.81. The molecule has 16 heavy (non-hydrogen) atoms. The number of rotatable bonds is 3. The zero-order valence-electron chi connectivity index (χ0n) is 8.72. The van der Waals surface area contributed by atoms with E-state index in [0.717, 1.165) is 12.3 Å². The van der Waals surface area contributed by atoms with Crippen molar-refractivity contribution >= 4 is 23.1 Å². The molecule has 1 unspecified atom stereocenters. The van der Waals surface area contributed by atoms with Gasteiger partial charge in [-0.15, -0.1) is 23.1 Å². The summed E-state index contributed by atoms with van der Waals surface area (Å²) in [5.74, 6) is 1.14. The third-order valence-corrected chi connectivity index (χ3v) is 4.67. The Hall–Kier alpha value is -0.840. The number of nitrogens with zero attached hydrogens (tertiary/aromatic N) is 1. The molecular formula is C12H12N2S2. The summed E-state index contributed by atoms with van der Waals surface area (Å²) in [7, 11) is 0. The highest BCUT2D eigenvalue weighted by atomic mass is 32.2. The van der Waals surface area contributed by atoms with E-state index in [4.69, 9.17) is 0 Å². The number of aromatic nitrogens is 1. The molecule has 0 radical (unpaired) electrons. The van der Waals surface area contributed by atoms with Crippen LogP contribution < -0.4 is 5.32 Å². The second-order valence-corrected chi connectivity index (χ2v) is 5.78. The largest absolute Gasteiger partial charge is 0.304 e. The zero-order chi connectivity index (χ0) is 10.8. The summed E-state index contributed by atoms with van der Waals surface area (Å²) in [6.07, 6.45) is 1.94. The van der Waals surface area contributed by atoms with Crippen LogP contribution in [0.5, 0.6) is 0 Å². The quantitative estimate of drug-likeness (QED) is 0.903. The summed E-state index contributed by atoms with van der Waals surface area (Å²) in [5.41, 5.74) is 3.32. The van der Waals surface area contributed by atoms with Gasteiger partial charge >= 0.3 is 0 Å². The molecule has 0 saturated carbocycles. The van der Waals surface area contributed by atoms with Gasteiger partial charge in [0.05, 0.1) is 5.51 Å². The molecule has 1 aliphatic rings. The van der Waals surface area contributed by atoms with Gasteiger partial charge in [0.1, 0.15) is 0 Å². The normalized spacial score (nSPS) is 18.6. The number of nitrogens with one attached hydrogen (secondary N) is 1. The maximum absolute atomic E-state index is 4.09. The Morgan fingerprint density at radius 3 is 3.19 bits per heavy atom. The van der Waals surface area contributed by atoms with E-state index in [1.165, 1.54) is 15.3 Å². The average molecular weight is 248 g/mol. The van der Waals surface area contributed by atoms with Crippen molar-refractivity contribution in [2.45, 2.75) is 17.5 Å². The van der Waals surface area contributed by atoms with Crippen LogP contribution in [-0.4, -0.2) is 10.7 Å². The van der Waals surface area contributed by atoms with E-state index >= 15 is 0 Å². The number of fused-ring (bicyclic) bond motifs is 1. The van der Waals surface area contributed by atoms with Gasteiger partial charge in [0.25, 0.3) is 0 Å². The first kappa shape index (κ1) is 10.3. The molecule has 0 bridgehead atoms. The second kappa shape index (κ2) is 4.57. The summed E-state index contributed by atoms with van der Waals surface area (Å²) in [5, 5.41) is 3.59. The third kappa shape index (κ3) is 2.00. The van der Waals surface area contributed by atoms with E-state index in [-0.39, 0.29) is 0 Å². The number of thiazole rings is 1. The average Bonchev–Trinajstić information content (AvgIpc) is 2.96. The van der Waals surface area contributed by atoms with Crippen molar-refractivity contribution in [3.05, 3.63) is 46.4 Å². The van der Waals surface area contributed by atoms with Crippen molar-refractivity contribution in [2.24, 2.45) is 0 Å². The number of hydrogen-bond acceptors (Lipinski definition) is 4. The standard InChI is InChI=1S/C12H12N2S2/c1-2-4-12-10(3-1)11(7-15-12)14-6-9-5-13-8-16-9/h1-5,8,11,14H,6-7H2. The fourth-order valence-corrected chi connectivity index (χ4v) is 3.63. The molecule has 2 nitrogen and oxygen atoms in total. The molecule has 4 heteroatoms. The molecule has 0 amide bonds. The van der Waals surface area contributed by atoms with E-state index in [0.29, 0.717) is 6.04 Å². The monoisotopic (exact) mass is 248 g/mol. The van der Waals surface area contributed by atoms with Crippen LogP contribution in [0.15, 0.2) is 40.9 Å². The van der Waals surface area contributed by atoms with Crippen LogP contribution in [0.1, 0.15) is 16.5 Å². The van der Waals surface area contributed by atoms with Gasteiger partial charge in [0.2, 0.25) is 0 Å². The molecule has 0 fully saturated rings. The van der Waals surface area contributed by atoms with E-state index in [2.05, 4.69) is 34.6 Å². The van der Waals surface area contributed by atoms with Crippen LogP contribution in [0.2, 0.25) is 0 Å². The van der Waals surface area contributed by atoms with Gasteiger partial charge in [-0.1, -0.05) is 18.2 Å². The van der Waals surface area contributed by atoms with Crippen LogP contribution in [-0.2, 0) is 6.54 Å². The van der Waals surface area contributed by atoms with E-state index in [9.17, 15) is 0 Å². The van der Waals surface area contributed by atoms with Crippen LogP contribution in [0.25, 0.3) is 0 Å². The maximum atomic E-state index is 4.09. The van der Waals surface area contributed by atoms with E-state index in [1.807, 2.05) is 23.5 Å². The van der Waals surface area contributed by atoms with E-state index < -0.39 is 0 Å². The molecular weight excluding hydrogens is 236 g/mol. The topological polar surface area (TPSA) is 24.9 Å². The first-order chi connectivity index (χ1) is 7.93. The van der Waals surface area contributed by atoms with Gasteiger partial charge in [-0.25, -0.2) is 0 Å². The van der Waals surface area contributed by atoms with Crippen molar-refractivity contribution in [1.29, 1.82) is 0 Å². The lowest BCUT2D eigenvalue weighted by molar-refractivity contribution is 0.587. The predicted molar refractivity (Wildman–Crippen MR) is 68.9 cm³/mol. The zero-order valence-corrected chi connectivity index (χ0v) is 10.4. The minimum atomic E-state index is 0.489. The Balaban J connectivity index is 1.69. The minimum Gasteiger partial charge on any atom is -0.304 e. The van der Waals surface area contributed by atoms with Crippen molar-refractivity contribution in [3.8, 4) is 0 Å². The molecule has 0 saturated heterocycles. The molecule has 0 spiro atoms. The van der Waals surface area contributed by atoms with Gasteiger partial charge in [0.15, 0.2) is 0 Å². The molecule has 0 aliphatic carbocycles. The summed E-state index contributed by atoms with van der Waals surface area (Å²) >= 11 is 3.65. The maximum Gasteiger partial charge on any atom is 0.0794 e. The Labute approximate surface area is 103 Å². The highest BCUT2D eigenvalue weighted by Crippen LogP contribution is 2.37. The Bertz CT molecular complexity index is 468. The lowest BCUT2D eigenvalue weighted by Crippen LogP contribution is -2.19. The van der Waals surface area contributed by atoms with Crippen LogP contribution in [0, 0.1) is 0 Å². The third-order valence-electron chi connectivity index (χ3n) is 2.71. The van der Waals surface area contributed by atoms with Crippen molar-refractivity contribution in [3.63, 3.8) is 0 Å². The number of benzene rings is 1. The summed E-state index contributed by atoms with van der Waals surface area (Å²) in [6.45, 7) is 0.921.